The van der Waals surface area contributed by atoms with Crippen LogP contribution in [0.4, 0.5) is 5.69 Å². The van der Waals surface area contributed by atoms with E-state index in [0.717, 1.165) is 10.6 Å². The number of rotatable bonds is 5. The van der Waals surface area contributed by atoms with Crippen molar-refractivity contribution in [2.24, 2.45) is 0 Å². The molecular weight excluding hydrogens is 342 g/mol. The van der Waals surface area contributed by atoms with E-state index in [9.17, 15) is 13.2 Å². The van der Waals surface area contributed by atoms with E-state index in [1.165, 1.54) is 11.8 Å². The molecule has 2 aromatic rings. The van der Waals surface area contributed by atoms with Crippen molar-refractivity contribution in [3.8, 4) is 0 Å². The summed E-state index contributed by atoms with van der Waals surface area (Å²) in [6.07, 6.45) is 0.499. The maximum Gasteiger partial charge on any atom is 0.237 e. The van der Waals surface area contributed by atoms with Gasteiger partial charge in [0, 0.05) is 10.6 Å². The molecule has 1 atom stereocenters. The lowest BCUT2D eigenvalue weighted by Crippen LogP contribution is -2.42. The van der Waals surface area contributed by atoms with E-state index in [1.807, 2.05) is 60.7 Å². The lowest BCUT2D eigenvalue weighted by atomic mass is 10.2. The molecule has 6 heteroatoms. The molecule has 0 spiro atoms. The molecule has 1 heterocycles. The number of thioether (sulfide) groups is 1. The van der Waals surface area contributed by atoms with E-state index in [4.69, 9.17) is 0 Å². The number of carbonyl (C=O) groups is 1. The minimum Gasteiger partial charge on any atom is -0.308 e. The maximum atomic E-state index is 12.8. The summed E-state index contributed by atoms with van der Waals surface area (Å²) in [6, 6.07) is 18.8. The third-order valence-corrected chi connectivity index (χ3v) is 6.73. The molecule has 3 rings (SSSR count). The normalized spacial score (nSPS) is 19.1. The second kappa shape index (κ2) is 7.40. The smallest absolute Gasteiger partial charge is 0.237 e. The molecule has 0 saturated carbocycles. The van der Waals surface area contributed by atoms with Crippen molar-refractivity contribution in [3.63, 3.8) is 0 Å². The fourth-order valence-electron chi connectivity index (χ4n) is 2.86. The second-order valence-corrected chi connectivity index (χ2v) is 9.04. The van der Waals surface area contributed by atoms with Crippen molar-refractivity contribution < 1.29 is 13.2 Å². The zero-order valence-corrected chi connectivity index (χ0v) is 14.8. The predicted molar refractivity (Wildman–Crippen MR) is 98.2 cm³/mol. The second-order valence-electron chi connectivity index (χ2n) is 5.76. The van der Waals surface area contributed by atoms with Crippen LogP contribution in [0.2, 0.25) is 0 Å². The lowest BCUT2D eigenvalue weighted by molar-refractivity contribution is -0.116. The van der Waals surface area contributed by atoms with E-state index < -0.39 is 9.84 Å². The molecule has 0 aromatic heterocycles. The van der Waals surface area contributed by atoms with Gasteiger partial charge in [-0.2, -0.15) is 0 Å². The number of benzene rings is 2. The average Bonchev–Trinajstić information content (AvgIpc) is 2.95. The van der Waals surface area contributed by atoms with Gasteiger partial charge >= 0.3 is 0 Å². The highest BCUT2D eigenvalue weighted by Gasteiger charge is 2.35. The highest BCUT2D eigenvalue weighted by Crippen LogP contribution is 2.26. The highest BCUT2D eigenvalue weighted by molar-refractivity contribution is 8.00. The molecule has 2 aromatic carbocycles. The first kappa shape index (κ1) is 17.0. The summed E-state index contributed by atoms with van der Waals surface area (Å²) < 4.78 is 23.7. The molecule has 0 unspecified atom stereocenters. The molecule has 24 heavy (non-hydrogen) atoms. The van der Waals surface area contributed by atoms with E-state index in [1.54, 1.807) is 4.90 Å². The van der Waals surface area contributed by atoms with E-state index >= 15 is 0 Å². The van der Waals surface area contributed by atoms with Crippen LogP contribution >= 0.6 is 11.8 Å². The van der Waals surface area contributed by atoms with E-state index in [0.29, 0.717) is 6.42 Å². The van der Waals surface area contributed by atoms with Gasteiger partial charge in [-0.05, 0) is 30.7 Å². The Labute approximate surface area is 146 Å². The Morgan fingerprint density at radius 1 is 1.04 bits per heavy atom. The largest absolute Gasteiger partial charge is 0.308 e. The Bertz CT molecular complexity index is 792. The zero-order valence-electron chi connectivity index (χ0n) is 13.2. The zero-order chi connectivity index (χ0) is 17.0. The number of nitrogens with zero attached hydrogens (tertiary/aromatic N) is 1. The summed E-state index contributed by atoms with van der Waals surface area (Å²) in [5, 5.41) is 0. The molecule has 0 aliphatic carbocycles. The molecule has 0 bridgehead atoms. The van der Waals surface area contributed by atoms with Crippen LogP contribution in [0.1, 0.15) is 6.42 Å². The topological polar surface area (TPSA) is 54.5 Å². The van der Waals surface area contributed by atoms with Crippen LogP contribution in [0, 0.1) is 0 Å². The van der Waals surface area contributed by atoms with Gasteiger partial charge in [0.05, 0.1) is 23.3 Å². The quantitative estimate of drug-likeness (QED) is 0.768. The maximum absolute atomic E-state index is 12.8. The molecule has 1 aliphatic rings. The van der Waals surface area contributed by atoms with Gasteiger partial charge in [-0.3, -0.25) is 4.79 Å². The van der Waals surface area contributed by atoms with Gasteiger partial charge in [0.15, 0.2) is 9.84 Å². The summed E-state index contributed by atoms with van der Waals surface area (Å²) in [7, 11) is -3.05. The SMILES string of the molecule is O=C(CSc1ccccc1)N(c1ccccc1)[C@@H]1CCS(=O)(=O)C1. The van der Waals surface area contributed by atoms with Gasteiger partial charge in [-0.15, -0.1) is 11.8 Å². The third kappa shape index (κ3) is 4.19. The summed E-state index contributed by atoms with van der Waals surface area (Å²) in [6.45, 7) is 0. The van der Waals surface area contributed by atoms with E-state index in [2.05, 4.69) is 0 Å². The average molecular weight is 361 g/mol. The Kier molecular flexibility index (Phi) is 5.26. The van der Waals surface area contributed by atoms with Gasteiger partial charge in [-0.25, -0.2) is 8.42 Å². The van der Waals surface area contributed by atoms with Crippen molar-refractivity contribution in [2.45, 2.75) is 17.4 Å². The van der Waals surface area contributed by atoms with Crippen LogP contribution in [0.25, 0.3) is 0 Å². The number of para-hydroxylation sites is 1. The standard InChI is InChI=1S/C18H19NO3S2/c20-18(13-23-17-9-5-2-6-10-17)19(15-7-3-1-4-8-15)16-11-12-24(21,22)14-16/h1-10,16H,11-14H2/t16-/m1/s1. The van der Waals surface area contributed by atoms with Crippen LogP contribution in [0.3, 0.4) is 0 Å². The van der Waals surface area contributed by atoms with Crippen LogP contribution in [0.5, 0.6) is 0 Å². The summed E-state index contributed by atoms with van der Waals surface area (Å²) in [4.78, 5) is 15.5. The molecule has 0 N–H and O–H groups in total. The van der Waals surface area contributed by atoms with Crippen molar-refractivity contribution in [1.82, 2.24) is 0 Å². The van der Waals surface area contributed by atoms with Crippen LogP contribution in [-0.2, 0) is 14.6 Å². The summed E-state index contributed by atoms with van der Waals surface area (Å²) in [5.74, 6) is 0.427. The Hall–Kier alpha value is -1.79. The van der Waals surface area contributed by atoms with Gasteiger partial charge in [0.25, 0.3) is 0 Å². The van der Waals surface area contributed by atoms with Crippen molar-refractivity contribution in [3.05, 3.63) is 60.7 Å². The van der Waals surface area contributed by atoms with Crippen molar-refractivity contribution in [1.29, 1.82) is 0 Å². The molecule has 1 fully saturated rings. The van der Waals surface area contributed by atoms with Gasteiger partial charge in [-0.1, -0.05) is 36.4 Å². The molecular formula is C18H19NO3S2. The number of anilines is 1. The number of carbonyl (C=O) groups excluding carboxylic acids is 1. The molecule has 1 saturated heterocycles. The monoisotopic (exact) mass is 361 g/mol. The number of hydrogen-bond donors (Lipinski definition) is 0. The molecule has 1 amide bonds. The first-order valence-corrected chi connectivity index (χ1v) is 10.6. The first-order valence-electron chi connectivity index (χ1n) is 7.80. The minimum absolute atomic E-state index is 0.0453. The van der Waals surface area contributed by atoms with Crippen molar-refractivity contribution in [2.75, 3.05) is 22.2 Å². The van der Waals surface area contributed by atoms with Crippen molar-refractivity contribution >= 4 is 33.2 Å². The number of hydrogen-bond acceptors (Lipinski definition) is 4. The molecule has 4 nitrogen and oxygen atoms in total. The summed E-state index contributed by atoms with van der Waals surface area (Å²) in [5.41, 5.74) is 0.762. The minimum atomic E-state index is -3.05. The van der Waals surface area contributed by atoms with Gasteiger partial charge in [0.2, 0.25) is 5.91 Å². The predicted octanol–water partition coefficient (Wildman–Crippen LogP) is 3.00. The Morgan fingerprint density at radius 2 is 1.67 bits per heavy atom. The number of amides is 1. The fourth-order valence-corrected chi connectivity index (χ4v) is 5.34. The van der Waals surface area contributed by atoms with Crippen LogP contribution < -0.4 is 4.90 Å². The lowest BCUT2D eigenvalue weighted by Gasteiger charge is -2.28. The van der Waals surface area contributed by atoms with Gasteiger partial charge < -0.3 is 4.90 Å². The van der Waals surface area contributed by atoms with Gasteiger partial charge in [0.1, 0.15) is 0 Å². The van der Waals surface area contributed by atoms with Crippen LogP contribution in [-0.4, -0.2) is 37.6 Å². The first-order chi connectivity index (χ1) is 11.6. The molecule has 0 radical (unpaired) electrons. The third-order valence-electron chi connectivity index (χ3n) is 3.98. The fraction of sp³-hybridized carbons (Fsp3) is 0.278. The van der Waals surface area contributed by atoms with Crippen LogP contribution in [0.15, 0.2) is 65.6 Å². The molecule has 126 valence electrons. The highest BCUT2D eigenvalue weighted by atomic mass is 32.2. The Morgan fingerprint density at radius 3 is 2.25 bits per heavy atom. The summed E-state index contributed by atoms with van der Waals surface area (Å²) >= 11 is 1.47. The van der Waals surface area contributed by atoms with E-state index in [-0.39, 0.29) is 29.2 Å². The molecule has 1 aliphatic heterocycles. The number of sulfone groups is 1. The Balaban J connectivity index is 1.78.